The van der Waals surface area contributed by atoms with Crippen molar-refractivity contribution in [2.45, 2.75) is 19.9 Å². The summed E-state index contributed by atoms with van der Waals surface area (Å²) >= 11 is 0. The number of benzene rings is 1. The van der Waals surface area contributed by atoms with Gasteiger partial charge in [0.1, 0.15) is 0 Å². The number of likely N-dealkylation sites (tertiary alicyclic amines) is 1. The van der Waals surface area contributed by atoms with Crippen LogP contribution in [0.1, 0.15) is 12.5 Å². The van der Waals surface area contributed by atoms with Crippen LogP contribution in [0.25, 0.3) is 0 Å². The lowest BCUT2D eigenvalue weighted by Crippen LogP contribution is -2.38. The van der Waals surface area contributed by atoms with Crippen molar-refractivity contribution in [1.82, 2.24) is 10.2 Å². The van der Waals surface area contributed by atoms with Crippen LogP contribution in [0, 0.1) is 18.8 Å². The standard InChI is InChI=1S/C16H23N3O/c1-11-3-5-14(6-4-11)18-16(20)10-19-9-13-7-17-8-15(13)12(19)2/h3-6,12-13,15,17H,7-10H2,1-2H3,(H,18,20). The van der Waals surface area contributed by atoms with Crippen LogP contribution in [0.5, 0.6) is 0 Å². The third-order valence-corrected chi connectivity index (χ3v) is 4.74. The van der Waals surface area contributed by atoms with Crippen LogP contribution in [0.2, 0.25) is 0 Å². The zero-order valence-corrected chi connectivity index (χ0v) is 12.2. The number of carbonyl (C=O) groups excluding carboxylic acids is 1. The maximum absolute atomic E-state index is 12.2. The van der Waals surface area contributed by atoms with Crippen molar-refractivity contribution in [3.05, 3.63) is 29.8 Å². The second kappa shape index (κ2) is 5.54. The molecule has 108 valence electrons. The van der Waals surface area contributed by atoms with Crippen molar-refractivity contribution in [2.75, 3.05) is 31.5 Å². The highest BCUT2D eigenvalue weighted by Crippen LogP contribution is 2.31. The van der Waals surface area contributed by atoms with Crippen LogP contribution in [0.15, 0.2) is 24.3 Å². The third-order valence-electron chi connectivity index (χ3n) is 4.74. The van der Waals surface area contributed by atoms with Crippen LogP contribution < -0.4 is 10.6 Å². The smallest absolute Gasteiger partial charge is 0.238 e. The van der Waals surface area contributed by atoms with Crippen molar-refractivity contribution in [3.63, 3.8) is 0 Å². The van der Waals surface area contributed by atoms with Gasteiger partial charge in [-0.25, -0.2) is 0 Å². The predicted octanol–water partition coefficient (Wildman–Crippen LogP) is 1.47. The molecule has 2 N–H and O–H groups in total. The predicted molar refractivity (Wildman–Crippen MR) is 80.7 cm³/mol. The summed E-state index contributed by atoms with van der Waals surface area (Å²) in [5, 5.41) is 6.43. The second-order valence-corrected chi connectivity index (χ2v) is 6.17. The highest BCUT2D eigenvalue weighted by Gasteiger charge is 2.41. The summed E-state index contributed by atoms with van der Waals surface area (Å²) in [6.07, 6.45) is 0. The second-order valence-electron chi connectivity index (χ2n) is 6.17. The van der Waals surface area contributed by atoms with E-state index in [-0.39, 0.29) is 5.91 Å². The van der Waals surface area contributed by atoms with E-state index in [0.717, 1.165) is 31.2 Å². The molecule has 2 saturated heterocycles. The third kappa shape index (κ3) is 2.72. The van der Waals surface area contributed by atoms with Gasteiger partial charge in [-0.15, -0.1) is 0 Å². The summed E-state index contributed by atoms with van der Waals surface area (Å²) in [6, 6.07) is 8.45. The van der Waals surface area contributed by atoms with Gasteiger partial charge >= 0.3 is 0 Å². The summed E-state index contributed by atoms with van der Waals surface area (Å²) < 4.78 is 0. The van der Waals surface area contributed by atoms with Crippen molar-refractivity contribution in [3.8, 4) is 0 Å². The lowest BCUT2D eigenvalue weighted by molar-refractivity contribution is -0.117. The molecular formula is C16H23N3O. The van der Waals surface area contributed by atoms with E-state index >= 15 is 0 Å². The fourth-order valence-corrected chi connectivity index (χ4v) is 3.49. The first-order valence-electron chi connectivity index (χ1n) is 7.45. The molecule has 4 nitrogen and oxygen atoms in total. The maximum atomic E-state index is 12.2. The van der Waals surface area contributed by atoms with E-state index in [1.54, 1.807) is 0 Å². The number of amides is 1. The molecule has 0 radical (unpaired) electrons. The highest BCUT2D eigenvalue weighted by molar-refractivity contribution is 5.92. The SMILES string of the molecule is Cc1ccc(NC(=O)CN2CC3CNCC3C2C)cc1. The Hall–Kier alpha value is -1.39. The minimum Gasteiger partial charge on any atom is -0.325 e. The number of fused-ring (bicyclic) bond motifs is 1. The summed E-state index contributed by atoms with van der Waals surface area (Å²) in [5.41, 5.74) is 2.09. The molecule has 3 atom stereocenters. The quantitative estimate of drug-likeness (QED) is 0.876. The number of carbonyl (C=O) groups is 1. The molecule has 20 heavy (non-hydrogen) atoms. The van der Waals surface area contributed by atoms with E-state index in [9.17, 15) is 4.79 Å². The molecule has 0 spiro atoms. The number of hydrogen-bond acceptors (Lipinski definition) is 3. The first-order valence-corrected chi connectivity index (χ1v) is 7.45. The van der Waals surface area contributed by atoms with E-state index in [1.807, 2.05) is 31.2 Å². The van der Waals surface area contributed by atoms with Gasteiger partial charge in [0.2, 0.25) is 5.91 Å². The van der Waals surface area contributed by atoms with E-state index in [4.69, 9.17) is 0 Å². The van der Waals surface area contributed by atoms with Gasteiger partial charge < -0.3 is 10.6 Å². The number of aryl methyl sites for hydroxylation is 1. The molecule has 3 rings (SSSR count). The monoisotopic (exact) mass is 273 g/mol. The lowest BCUT2D eigenvalue weighted by Gasteiger charge is -2.23. The van der Waals surface area contributed by atoms with E-state index in [1.165, 1.54) is 5.56 Å². The van der Waals surface area contributed by atoms with Gasteiger partial charge in [0.25, 0.3) is 0 Å². The Bertz CT molecular complexity index is 485. The Morgan fingerprint density at radius 2 is 2.10 bits per heavy atom. The lowest BCUT2D eigenvalue weighted by atomic mass is 9.95. The van der Waals surface area contributed by atoms with Crippen molar-refractivity contribution in [2.24, 2.45) is 11.8 Å². The Morgan fingerprint density at radius 3 is 2.80 bits per heavy atom. The molecule has 1 aromatic carbocycles. The number of hydrogen-bond donors (Lipinski definition) is 2. The minimum absolute atomic E-state index is 0.0913. The molecule has 2 aliphatic heterocycles. The summed E-state index contributed by atoms with van der Waals surface area (Å²) in [4.78, 5) is 14.5. The zero-order valence-electron chi connectivity index (χ0n) is 12.2. The fourth-order valence-electron chi connectivity index (χ4n) is 3.49. The van der Waals surface area contributed by atoms with Crippen LogP contribution in [-0.4, -0.2) is 43.0 Å². The summed E-state index contributed by atoms with van der Waals surface area (Å²) in [7, 11) is 0. The first kappa shape index (κ1) is 13.6. The fraction of sp³-hybridized carbons (Fsp3) is 0.562. The van der Waals surface area contributed by atoms with Crippen molar-refractivity contribution < 1.29 is 4.79 Å². The maximum Gasteiger partial charge on any atom is 0.238 e. The van der Waals surface area contributed by atoms with Gasteiger partial charge in [0, 0.05) is 18.3 Å². The average Bonchev–Trinajstić information content (AvgIpc) is 2.97. The number of rotatable bonds is 3. The average molecular weight is 273 g/mol. The van der Waals surface area contributed by atoms with Gasteiger partial charge in [-0.2, -0.15) is 0 Å². The molecule has 3 unspecified atom stereocenters. The van der Waals surface area contributed by atoms with Crippen LogP contribution in [0.4, 0.5) is 5.69 Å². The van der Waals surface area contributed by atoms with Crippen molar-refractivity contribution >= 4 is 11.6 Å². The molecule has 0 bridgehead atoms. The number of anilines is 1. The Kier molecular flexibility index (Phi) is 3.76. The number of nitrogens with one attached hydrogen (secondary N) is 2. The molecule has 2 fully saturated rings. The largest absolute Gasteiger partial charge is 0.325 e. The molecule has 4 heteroatoms. The van der Waals surface area contributed by atoms with Gasteiger partial charge in [0.15, 0.2) is 0 Å². The van der Waals surface area contributed by atoms with Gasteiger partial charge in [-0.3, -0.25) is 9.69 Å². The summed E-state index contributed by atoms with van der Waals surface area (Å²) in [6.45, 7) is 8.04. The molecule has 0 saturated carbocycles. The van der Waals surface area contributed by atoms with E-state index < -0.39 is 0 Å². The molecule has 0 aliphatic carbocycles. The minimum atomic E-state index is 0.0913. The van der Waals surface area contributed by atoms with E-state index in [0.29, 0.717) is 18.5 Å². The summed E-state index contributed by atoms with van der Waals surface area (Å²) in [5.74, 6) is 1.52. The molecule has 0 aromatic heterocycles. The topological polar surface area (TPSA) is 44.4 Å². The van der Waals surface area contributed by atoms with Crippen LogP contribution in [0.3, 0.4) is 0 Å². The Morgan fingerprint density at radius 1 is 1.35 bits per heavy atom. The number of nitrogens with zero attached hydrogens (tertiary/aromatic N) is 1. The zero-order chi connectivity index (χ0) is 14.1. The van der Waals surface area contributed by atoms with Crippen LogP contribution in [-0.2, 0) is 4.79 Å². The highest BCUT2D eigenvalue weighted by atomic mass is 16.2. The Balaban J connectivity index is 1.55. The molecule has 2 aliphatic rings. The van der Waals surface area contributed by atoms with Gasteiger partial charge in [0.05, 0.1) is 6.54 Å². The van der Waals surface area contributed by atoms with E-state index in [2.05, 4.69) is 22.5 Å². The first-order chi connectivity index (χ1) is 9.63. The molecule has 1 aromatic rings. The normalized spacial score (nSPS) is 29.4. The van der Waals surface area contributed by atoms with Gasteiger partial charge in [-0.1, -0.05) is 17.7 Å². The van der Waals surface area contributed by atoms with Gasteiger partial charge in [-0.05, 0) is 50.9 Å². The molecule has 2 heterocycles. The molecule has 1 amide bonds. The Labute approximate surface area is 120 Å². The molecular weight excluding hydrogens is 250 g/mol. The van der Waals surface area contributed by atoms with Crippen LogP contribution >= 0.6 is 0 Å². The van der Waals surface area contributed by atoms with Crippen molar-refractivity contribution in [1.29, 1.82) is 0 Å².